The molecule has 0 bridgehead atoms. The fraction of sp³-hybridized carbons (Fsp3) is 0.636. The monoisotopic (exact) mass is 241 g/mol. The Balaban J connectivity index is 2.45. The second kappa shape index (κ2) is 5.79. The van der Waals surface area contributed by atoms with Gasteiger partial charge in [0.2, 0.25) is 0 Å². The highest BCUT2D eigenvalue weighted by Crippen LogP contribution is 2.08. The Morgan fingerprint density at radius 1 is 1.65 bits per heavy atom. The lowest BCUT2D eigenvalue weighted by Gasteiger charge is -2.23. The minimum absolute atomic E-state index is 0.303. The number of ether oxygens (including phenoxy) is 1. The molecule has 1 atom stereocenters. The van der Waals surface area contributed by atoms with Crippen LogP contribution < -0.4 is 5.32 Å². The summed E-state index contributed by atoms with van der Waals surface area (Å²) in [5, 5.41) is 18.6. The van der Waals surface area contributed by atoms with Crippen LogP contribution in [-0.2, 0) is 16.1 Å². The van der Waals surface area contributed by atoms with Crippen molar-refractivity contribution in [3.63, 3.8) is 0 Å². The molecular formula is C11H19N3O3. The van der Waals surface area contributed by atoms with Crippen molar-refractivity contribution in [3.8, 4) is 0 Å². The molecule has 0 saturated heterocycles. The molecule has 0 aliphatic carbocycles. The maximum absolute atomic E-state index is 11.7. The molecule has 0 fully saturated rings. The number of rotatable bonds is 5. The lowest BCUT2D eigenvalue weighted by atomic mass is 10.2. The molecule has 1 aromatic heterocycles. The second-order valence-electron chi connectivity index (χ2n) is 4.73. The van der Waals surface area contributed by atoms with Crippen LogP contribution in [0.2, 0.25) is 0 Å². The number of carbonyl (C=O) groups is 1. The normalized spacial score (nSPS) is 13.4. The van der Waals surface area contributed by atoms with Gasteiger partial charge in [-0.3, -0.25) is 15.2 Å². The Morgan fingerprint density at radius 3 is 2.82 bits per heavy atom. The van der Waals surface area contributed by atoms with Crippen LogP contribution in [-0.4, -0.2) is 39.5 Å². The number of hydrogen-bond acceptors (Lipinski definition) is 5. The molecule has 1 heterocycles. The zero-order valence-electron chi connectivity index (χ0n) is 10.4. The fourth-order valence-electron chi connectivity index (χ4n) is 1.21. The Kier molecular flexibility index (Phi) is 4.65. The molecule has 0 amide bonds. The molecule has 0 saturated carbocycles. The van der Waals surface area contributed by atoms with E-state index in [-0.39, 0.29) is 6.61 Å². The molecule has 0 aromatic carbocycles. The first kappa shape index (κ1) is 13.7. The first-order chi connectivity index (χ1) is 7.92. The molecule has 0 aliphatic heterocycles. The van der Waals surface area contributed by atoms with Crippen LogP contribution in [0.3, 0.4) is 0 Å². The molecule has 17 heavy (non-hydrogen) atoms. The van der Waals surface area contributed by atoms with Crippen molar-refractivity contribution < 1.29 is 14.6 Å². The largest absolute Gasteiger partial charge is 0.459 e. The maximum Gasteiger partial charge on any atom is 0.326 e. The van der Waals surface area contributed by atoms with E-state index in [0.29, 0.717) is 6.54 Å². The SMILES string of the molecule is CC(C)(C)OC(=O)C(CO)NCc1ccn[nH]1. The van der Waals surface area contributed by atoms with E-state index in [0.717, 1.165) is 5.69 Å². The van der Waals surface area contributed by atoms with E-state index >= 15 is 0 Å². The van der Waals surface area contributed by atoms with Crippen LogP contribution >= 0.6 is 0 Å². The number of hydrogen-bond donors (Lipinski definition) is 3. The van der Waals surface area contributed by atoms with E-state index in [1.54, 1.807) is 33.0 Å². The van der Waals surface area contributed by atoms with Gasteiger partial charge in [-0.25, -0.2) is 0 Å². The average Bonchev–Trinajstić information content (AvgIpc) is 2.68. The predicted octanol–water partition coefficient (Wildman–Crippen LogP) is 0.202. The minimum Gasteiger partial charge on any atom is -0.459 e. The van der Waals surface area contributed by atoms with Crippen molar-refractivity contribution in [2.75, 3.05) is 6.61 Å². The molecule has 96 valence electrons. The van der Waals surface area contributed by atoms with Gasteiger partial charge in [-0.2, -0.15) is 5.10 Å². The van der Waals surface area contributed by atoms with Crippen molar-refractivity contribution in [2.45, 2.75) is 39.0 Å². The molecule has 0 spiro atoms. The lowest BCUT2D eigenvalue weighted by Crippen LogP contribution is -2.43. The summed E-state index contributed by atoms with van der Waals surface area (Å²) < 4.78 is 5.17. The number of nitrogens with zero attached hydrogens (tertiary/aromatic N) is 1. The second-order valence-corrected chi connectivity index (χ2v) is 4.73. The molecule has 6 heteroatoms. The van der Waals surface area contributed by atoms with Gasteiger partial charge < -0.3 is 9.84 Å². The van der Waals surface area contributed by atoms with Crippen molar-refractivity contribution >= 4 is 5.97 Å². The molecule has 1 rings (SSSR count). The molecule has 6 nitrogen and oxygen atoms in total. The van der Waals surface area contributed by atoms with Gasteiger partial charge in [0.1, 0.15) is 11.6 Å². The molecular weight excluding hydrogens is 222 g/mol. The summed E-state index contributed by atoms with van der Waals surface area (Å²) in [6.07, 6.45) is 1.62. The van der Waals surface area contributed by atoms with Gasteiger partial charge in [0, 0.05) is 18.4 Å². The van der Waals surface area contributed by atoms with E-state index in [2.05, 4.69) is 15.5 Å². The van der Waals surface area contributed by atoms with Gasteiger partial charge in [0.05, 0.1) is 6.61 Å². The smallest absolute Gasteiger partial charge is 0.326 e. The van der Waals surface area contributed by atoms with E-state index in [1.165, 1.54) is 0 Å². The van der Waals surface area contributed by atoms with Crippen LogP contribution in [0.1, 0.15) is 26.5 Å². The number of carbonyl (C=O) groups excluding carboxylic acids is 1. The third-order valence-electron chi connectivity index (χ3n) is 1.97. The van der Waals surface area contributed by atoms with Crippen LogP contribution in [0.5, 0.6) is 0 Å². The first-order valence-electron chi connectivity index (χ1n) is 5.48. The highest BCUT2D eigenvalue weighted by molar-refractivity contribution is 5.76. The predicted molar refractivity (Wildman–Crippen MR) is 62.1 cm³/mol. The summed E-state index contributed by atoms with van der Waals surface area (Å²) >= 11 is 0. The Morgan fingerprint density at radius 2 is 2.35 bits per heavy atom. The Hall–Kier alpha value is -1.40. The number of nitrogens with one attached hydrogen (secondary N) is 2. The van der Waals surface area contributed by atoms with E-state index < -0.39 is 17.6 Å². The lowest BCUT2D eigenvalue weighted by molar-refractivity contribution is -0.158. The van der Waals surface area contributed by atoms with E-state index in [1.807, 2.05) is 0 Å². The van der Waals surface area contributed by atoms with Gasteiger partial charge >= 0.3 is 5.97 Å². The summed E-state index contributed by atoms with van der Waals surface area (Å²) in [7, 11) is 0. The van der Waals surface area contributed by atoms with Gasteiger partial charge in [-0.1, -0.05) is 0 Å². The number of esters is 1. The molecule has 1 aromatic rings. The highest BCUT2D eigenvalue weighted by atomic mass is 16.6. The summed E-state index contributed by atoms with van der Waals surface area (Å²) in [5.74, 6) is -0.459. The Bertz CT molecular complexity index is 343. The molecule has 0 radical (unpaired) electrons. The fourth-order valence-corrected chi connectivity index (χ4v) is 1.21. The van der Waals surface area contributed by atoms with Gasteiger partial charge in [-0.05, 0) is 26.8 Å². The minimum atomic E-state index is -0.725. The molecule has 0 aliphatic rings. The number of H-pyrrole nitrogens is 1. The van der Waals surface area contributed by atoms with Crippen molar-refractivity contribution in [1.29, 1.82) is 0 Å². The van der Waals surface area contributed by atoms with Gasteiger partial charge in [0.25, 0.3) is 0 Å². The first-order valence-corrected chi connectivity index (χ1v) is 5.48. The van der Waals surface area contributed by atoms with Crippen LogP contribution in [0.4, 0.5) is 0 Å². The maximum atomic E-state index is 11.7. The third kappa shape index (κ3) is 4.97. The van der Waals surface area contributed by atoms with Crippen molar-refractivity contribution in [3.05, 3.63) is 18.0 Å². The molecule has 3 N–H and O–H groups in total. The number of aromatic amines is 1. The van der Waals surface area contributed by atoms with E-state index in [4.69, 9.17) is 9.84 Å². The highest BCUT2D eigenvalue weighted by Gasteiger charge is 2.24. The van der Waals surface area contributed by atoms with Crippen molar-refractivity contribution in [2.24, 2.45) is 0 Å². The standard InChI is InChI=1S/C11H19N3O3/c1-11(2,3)17-10(16)9(7-15)12-6-8-4-5-13-14-8/h4-5,9,12,15H,6-7H2,1-3H3,(H,13,14). The van der Waals surface area contributed by atoms with Crippen LogP contribution in [0, 0.1) is 0 Å². The van der Waals surface area contributed by atoms with Crippen LogP contribution in [0.25, 0.3) is 0 Å². The number of aromatic nitrogens is 2. The topological polar surface area (TPSA) is 87.2 Å². The summed E-state index contributed by atoms with van der Waals surface area (Å²) in [6, 6.07) is 1.06. The summed E-state index contributed by atoms with van der Waals surface area (Å²) in [5.41, 5.74) is 0.284. The van der Waals surface area contributed by atoms with Gasteiger partial charge in [-0.15, -0.1) is 0 Å². The zero-order valence-corrected chi connectivity index (χ0v) is 10.4. The quantitative estimate of drug-likeness (QED) is 0.641. The Labute approximate surface area is 100 Å². The number of aliphatic hydroxyl groups is 1. The number of aliphatic hydroxyl groups excluding tert-OH is 1. The van der Waals surface area contributed by atoms with Crippen LogP contribution in [0.15, 0.2) is 12.3 Å². The summed E-state index contributed by atoms with van der Waals surface area (Å²) in [6.45, 7) is 5.48. The van der Waals surface area contributed by atoms with Crippen molar-refractivity contribution in [1.82, 2.24) is 15.5 Å². The third-order valence-corrected chi connectivity index (χ3v) is 1.97. The summed E-state index contributed by atoms with van der Waals surface area (Å²) in [4.78, 5) is 11.7. The average molecular weight is 241 g/mol. The molecule has 1 unspecified atom stereocenters. The van der Waals surface area contributed by atoms with Gasteiger partial charge in [0.15, 0.2) is 0 Å². The van der Waals surface area contributed by atoms with E-state index in [9.17, 15) is 4.79 Å². The zero-order chi connectivity index (χ0) is 12.9.